The molecule has 36 heavy (non-hydrogen) atoms. The molecule has 2 N–H and O–H groups in total. The van der Waals surface area contributed by atoms with Gasteiger partial charge in [0.2, 0.25) is 0 Å². The lowest BCUT2D eigenvalue weighted by atomic mass is 10.2. The van der Waals surface area contributed by atoms with E-state index in [1.54, 1.807) is 47.0 Å². The molecule has 7 nitrogen and oxygen atoms in total. The number of amides is 2. The lowest BCUT2D eigenvalue weighted by molar-refractivity contribution is 0.251. The largest absolute Gasteiger partial charge is 0.492 e. The molecule has 0 fully saturated rings. The predicted molar refractivity (Wildman–Crippen MR) is 141 cm³/mol. The maximum absolute atomic E-state index is 13.3. The van der Waals surface area contributed by atoms with E-state index in [-0.39, 0.29) is 12.4 Å². The standard InChI is InChI=1S/C25H22Cl2FN5O2S/c1-2-35-22-6-4-3-5-20(22)30-24(34)29-14-23-31-32-25(36-15-16-7-10-18(28)11-8-16)33(23)21-12-9-17(26)13-19(21)27/h3-13H,2,14-15H2,1H3,(H2,29,30,34). The molecule has 0 radical (unpaired) electrons. The van der Waals surface area contributed by atoms with Crippen LogP contribution in [0.1, 0.15) is 18.3 Å². The zero-order chi connectivity index (χ0) is 25.5. The first kappa shape index (κ1) is 25.8. The summed E-state index contributed by atoms with van der Waals surface area (Å²) in [6.07, 6.45) is 0. The Bertz CT molecular complexity index is 1350. The van der Waals surface area contributed by atoms with E-state index < -0.39 is 6.03 Å². The van der Waals surface area contributed by atoms with Gasteiger partial charge in [0.25, 0.3) is 0 Å². The molecule has 2 amide bonds. The number of thioether (sulfide) groups is 1. The second kappa shape index (κ2) is 12.1. The summed E-state index contributed by atoms with van der Waals surface area (Å²) >= 11 is 14.0. The van der Waals surface area contributed by atoms with E-state index in [2.05, 4.69) is 20.8 Å². The van der Waals surface area contributed by atoms with Gasteiger partial charge >= 0.3 is 6.03 Å². The summed E-state index contributed by atoms with van der Waals surface area (Å²) in [5.41, 5.74) is 2.09. The molecule has 1 heterocycles. The third kappa shape index (κ3) is 6.48. The molecule has 3 aromatic carbocycles. The lowest BCUT2D eigenvalue weighted by Crippen LogP contribution is -2.29. The van der Waals surface area contributed by atoms with Gasteiger partial charge in [-0.05, 0) is 55.0 Å². The fraction of sp³-hybridized carbons (Fsp3) is 0.160. The Morgan fingerprint density at radius 2 is 1.86 bits per heavy atom. The van der Waals surface area contributed by atoms with Gasteiger partial charge < -0.3 is 15.4 Å². The van der Waals surface area contributed by atoms with Gasteiger partial charge in [0, 0.05) is 10.8 Å². The minimum Gasteiger partial charge on any atom is -0.492 e. The normalized spacial score (nSPS) is 10.8. The van der Waals surface area contributed by atoms with Crippen molar-refractivity contribution < 1.29 is 13.9 Å². The van der Waals surface area contributed by atoms with Crippen LogP contribution in [0.5, 0.6) is 5.75 Å². The molecule has 0 aliphatic heterocycles. The van der Waals surface area contributed by atoms with E-state index in [9.17, 15) is 9.18 Å². The van der Waals surface area contributed by atoms with Gasteiger partial charge in [0.15, 0.2) is 11.0 Å². The summed E-state index contributed by atoms with van der Waals surface area (Å²) in [7, 11) is 0. The fourth-order valence-electron chi connectivity index (χ4n) is 3.32. The van der Waals surface area contributed by atoms with Crippen molar-refractivity contribution in [3.05, 3.63) is 94.0 Å². The van der Waals surface area contributed by atoms with Crippen molar-refractivity contribution in [2.75, 3.05) is 11.9 Å². The number of ether oxygens (including phenoxy) is 1. The van der Waals surface area contributed by atoms with Crippen molar-refractivity contribution in [1.29, 1.82) is 0 Å². The Balaban J connectivity index is 1.54. The van der Waals surface area contributed by atoms with E-state index in [0.29, 0.717) is 50.5 Å². The van der Waals surface area contributed by atoms with Crippen LogP contribution in [-0.2, 0) is 12.3 Å². The van der Waals surface area contributed by atoms with E-state index >= 15 is 0 Å². The Morgan fingerprint density at radius 3 is 2.61 bits per heavy atom. The van der Waals surface area contributed by atoms with Crippen LogP contribution < -0.4 is 15.4 Å². The Morgan fingerprint density at radius 1 is 1.08 bits per heavy atom. The van der Waals surface area contributed by atoms with Gasteiger partial charge in [-0.25, -0.2) is 9.18 Å². The number of anilines is 1. The smallest absolute Gasteiger partial charge is 0.319 e. The van der Waals surface area contributed by atoms with Gasteiger partial charge in [-0.15, -0.1) is 10.2 Å². The van der Waals surface area contributed by atoms with Crippen molar-refractivity contribution >= 4 is 46.7 Å². The van der Waals surface area contributed by atoms with Crippen LogP contribution in [0.2, 0.25) is 10.0 Å². The average Bonchev–Trinajstić information content (AvgIpc) is 3.26. The molecule has 0 aliphatic rings. The number of nitrogens with one attached hydrogen (secondary N) is 2. The molecule has 11 heteroatoms. The van der Waals surface area contributed by atoms with E-state index in [1.807, 2.05) is 19.1 Å². The number of urea groups is 1. The number of hydrogen-bond donors (Lipinski definition) is 2. The highest BCUT2D eigenvalue weighted by Crippen LogP contribution is 2.31. The van der Waals surface area contributed by atoms with Gasteiger partial charge in [0.1, 0.15) is 11.6 Å². The first-order valence-corrected chi connectivity index (χ1v) is 12.7. The van der Waals surface area contributed by atoms with Gasteiger partial charge in [-0.3, -0.25) is 4.57 Å². The van der Waals surface area contributed by atoms with Crippen molar-refractivity contribution in [2.24, 2.45) is 0 Å². The van der Waals surface area contributed by atoms with E-state index in [0.717, 1.165) is 5.56 Å². The quantitative estimate of drug-likeness (QED) is 0.228. The fourth-order valence-corrected chi connectivity index (χ4v) is 4.73. The Hall–Kier alpha value is -3.27. The second-order valence-corrected chi connectivity index (χ2v) is 9.27. The molecule has 0 bridgehead atoms. The number of carbonyl (C=O) groups excluding carboxylic acids is 1. The molecule has 0 saturated heterocycles. The highest BCUT2D eigenvalue weighted by atomic mass is 35.5. The first-order chi connectivity index (χ1) is 17.4. The molecular weight excluding hydrogens is 524 g/mol. The summed E-state index contributed by atoms with van der Waals surface area (Å²) < 4.78 is 20.6. The molecule has 1 aromatic heterocycles. The number of hydrogen-bond acceptors (Lipinski definition) is 5. The van der Waals surface area contributed by atoms with Gasteiger partial charge in [-0.1, -0.05) is 59.2 Å². The summed E-state index contributed by atoms with van der Waals surface area (Å²) in [6, 6.07) is 18.1. The van der Waals surface area contributed by atoms with Crippen molar-refractivity contribution in [3.8, 4) is 11.4 Å². The van der Waals surface area contributed by atoms with Crippen LogP contribution >= 0.6 is 35.0 Å². The van der Waals surface area contributed by atoms with Crippen LogP contribution in [-0.4, -0.2) is 27.4 Å². The number of rotatable bonds is 9. The minimum atomic E-state index is -0.431. The third-order valence-corrected chi connectivity index (χ3v) is 6.51. The highest BCUT2D eigenvalue weighted by Gasteiger charge is 2.18. The topological polar surface area (TPSA) is 81.1 Å². The summed E-state index contributed by atoms with van der Waals surface area (Å²) in [5.74, 6) is 1.28. The van der Waals surface area contributed by atoms with E-state index in [4.69, 9.17) is 27.9 Å². The Labute approximate surface area is 222 Å². The maximum Gasteiger partial charge on any atom is 0.319 e. The number of para-hydroxylation sites is 2. The number of nitrogens with zero attached hydrogens (tertiary/aromatic N) is 3. The van der Waals surface area contributed by atoms with Crippen molar-refractivity contribution in [1.82, 2.24) is 20.1 Å². The summed E-state index contributed by atoms with van der Waals surface area (Å²) in [6.45, 7) is 2.42. The lowest BCUT2D eigenvalue weighted by Gasteiger charge is -2.14. The van der Waals surface area contributed by atoms with Crippen LogP contribution in [0, 0.1) is 5.82 Å². The average molecular weight is 546 g/mol. The zero-order valence-electron chi connectivity index (χ0n) is 19.2. The van der Waals surface area contributed by atoms with Crippen LogP contribution in [0.25, 0.3) is 5.69 Å². The van der Waals surface area contributed by atoms with Gasteiger partial charge in [0.05, 0.1) is 29.5 Å². The number of carbonyl (C=O) groups is 1. The van der Waals surface area contributed by atoms with Crippen molar-refractivity contribution in [3.63, 3.8) is 0 Å². The van der Waals surface area contributed by atoms with Crippen LogP contribution in [0.4, 0.5) is 14.9 Å². The number of aromatic nitrogens is 3. The number of halogens is 3. The highest BCUT2D eigenvalue weighted by molar-refractivity contribution is 7.98. The molecule has 0 spiro atoms. The van der Waals surface area contributed by atoms with Crippen molar-refractivity contribution in [2.45, 2.75) is 24.4 Å². The molecule has 186 valence electrons. The van der Waals surface area contributed by atoms with Crippen LogP contribution in [0.15, 0.2) is 71.9 Å². The zero-order valence-corrected chi connectivity index (χ0v) is 21.5. The van der Waals surface area contributed by atoms with Gasteiger partial charge in [-0.2, -0.15) is 0 Å². The molecule has 0 unspecified atom stereocenters. The van der Waals surface area contributed by atoms with Crippen LogP contribution in [0.3, 0.4) is 0 Å². The monoisotopic (exact) mass is 545 g/mol. The Kier molecular flexibility index (Phi) is 8.69. The molecule has 0 atom stereocenters. The molecule has 4 aromatic rings. The minimum absolute atomic E-state index is 0.0751. The summed E-state index contributed by atoms with van der Waals surface area (Å²) in [4.78, 5) is 12.6. The second-order valence-electron chi connectivity index (χ2n) is 7.48. The number of benzene rings is 3. The predicted octanol–water partition coefficient (Wildman–Crippen LogP) is 6.73. The molecule has 4 rings (SSSR count). The molecule has 0 saturated carbocycles. The SMILES string of the molecule is CCOc1ccccc1NC(=O)NCc1nnc(SCc2ccc(F)cc2)n1-c1ccc(Cl)cc1Cl. The third-order valence-electron chi connectivity index (χ3n) is 4.97. The maximum atomic E-state index is 13.3. The first-order valence-electron chi connectivity index (χ1n) is 11.0. The molecule has 0 aliphatic carbocycles. The van der Waals surface area contributed by atoms with E-state index in [1.165, 1.54) is 23.9 Å². The summed E-state index contributed by atoms with van der Waals surface area (Å²) in [5, 5.41) is 15.6. The molecular formula is C25H22Cl2FN5O2S.